The third-order valence-electron chi connectivity index (χ3n) is 3.53. The molecule has 4 N–H and O–H groups in total. The van der Waals surface area contributed by atoms with Crippen molar-refractivity contribution in [2.45, 2.75) is 19.8 Å². The first-order chi connectivity index (χ1) is 11.0. The lowest BCUT2D eigenvalue weighted by atomic mass is 10.1. The second-order valence-corrected chi connectivity index (χ2v) is 5.47. The number of hydrazine groups is 1. The van der Waals surface area contributed by atoms with Crippen LogP contribution in [0, 0.1) is 0 Å². The van der Waals surface area contributed by atoms with Crippen LogP contribution in [0.15, 0.2) is 30.6 Å². The van der Waals surface area contributed by atoms with Crippen LogP contribution in [0.1, 0.15) is 18.9 Å². The molecule has 0 aliphatic carbocycles. The summed E-state index contributed by atoms with van der Waals surface area (Å²) in [4.78, 5) is 11.2. The molecule has 1 aromatic carbocycles. The standard InChI is InChI=1S/C16H23N5O2/c1-12(23)17-14-7-6-13(5-4-10-22)15(11-14)18-19-16-20(2)8-9-21(16)3/h6-9,11,18,22H,4-5,10H2,1-3H3,(H,17,23)/p+1. The molecule has 0 aliphatic rings. The number of aryl methyl sites for hydroxylation is 3. The fourth-order valence-electron chi connectivity index (χ4n) is 2.35. The van der Waals surface area contributed by atoms with Crippen LogP contribution in [0.3, 0.4) is 0 Å². The number of benzene rings is 1. The molecule has 1 heterocycles. The molecule has 0 radical (unpaired) electrons. The summed E-state index contributed by atoms with van der Waals surface area (Å²) >= 11 is 0. The maximum absolute atomic E-state index is 11.2. The van der Waals surface area contributed by atoms with E-state index in [2.05, 4.69) is 16.2 Å². The highest BCUT2D eigenvalue weighted by Gasteiger charge is 2.12. The molecule has 0 unspecified atom stereocenters. The van der Waals surface area contributed by atoms with E-state index in [0.717, 1.165) is 29.3 Å². The number of nitrogens with one attached hydrogen (secondary N) is 3. The van der Waals surface area contributed by atoms with Crippen LogP contribution in [0.5, 0.6) is 0 Å². The van der Waals surface area contributed by atoms with Crippen molar-refractivity contribution in [3.05, 3.63) is 36.2 Å². The molecular formula is C16H24N5O2+. The Kier molecular flexibility index (Phi) is 5.59. The van der Waals surface area contributed by atoms with Crippen molar-refractivity contribution in [2.24, 2.45) is 14.1 Å². The van der Waals surface area contributed by atoms with Gasteiger partial charge in [0.2, 0.25) is 5.91 Å². The number of carbonyl (C=O) groups excluding carboxylic acids is 1. The Balaban J connectivity index is 2.20. The monoisotopic (exact) mass is 318 g/mol. The fraction of sp³-hybridized carbons (Fsp3) is 0.375. The second-order valence-electron chi connectivity index (χ2n) is 5.47. The number of aliphatic hydroxyl groups is 1. The summed E-state index contributed by atoms with van der Waals surface area (Å²) in [6.45, 7) is 1.63. The average molecular weight is 318 g/mol. The molecular weight excluding hydrogens is 294 g/mol. The Bertz CT molecular complexity index is 662. The molecule has 124 valence electrons. The molecule has 0 bridgehead atoms. The normalized spacial score (nSPS) is 10.4. The first-order valence-electron chi connectivity index (χ1n) is 7.55. The van der Waals surface area contributed by atoms with Gasteiger partial charge in [0.05, 0.1) is 32.2 Å². The largest absolute Gasteiger partial charge is 0.396 e. The van der Waals surface area contributed by atoms with E-state index in [-0.39, 0.29) is 12.5 Å². The van der Waals surface area contributed by atoms with Gasteiger partial charge in [0.25, 0.3) is 0 Å². The second kappa shape index (κ2) is 7.64. The topological polar surface area (TPSA) is 82.2 Å². The molecule has 0 atom stereocenters. The van der Waals surface area contributed by atoms with Gasteiger partial charge in [-0.25, -0.2) is 9.13 Å². The molecule has 0 fully saturated rings. The summed E-state index contributed by atoms with van der Waals surface area (Å²) in [5.74, 6) is 0.781. The first kappa shape index (κ1) is 16.8. The minimum Gasteiger partial charge on any atom is -0.396 e. The highest BCUT2D eigenvalue weighted by Crippen LogP contribution is 2.22. The molecule has 23 heavy (non-hydrogen) atoms. The van der Waals surface area contributed by atoms with Crippen molar-refractivity contribution in [3.8, 4) is 0 Å². The molecule has 7 heteroatoms. The van der Waals surface area contributed by atoms with E-state index in [4.69, 9.17) is 5.11 Å². The number of aliphatic hydroxyl groups excluding tert-OH is 1. The van der Waals surface area contributed by atoms with E-state index in [1.807, 2.05) is 53.8 Å². The van der Waals surface area contributed by atoms with Crippen molar-refractivity contribution < 1.29 is 14.5 Å². The van der Waals surface area contributed by atoms with Crippen molar-refractivity contribution in [3.63, 3.8) is 0 Å². The van der Waals surface area contributed by atoms with E-state index in [1.165, 1.54) is 6.92 Å². The number of nitrogens with zero attached hydrogens (tertiary/aromatic N) is 2. The van der Waals surface area contributed by atoms with Gasteiger partial charge in [-0.1, -0.05) is 6.07 Å². The van der Waals surface area contributed by atoms with Crippen LogP contribution in [-0.2, 0) is 25.3 Å². The van der Waals surface area contributed by atoms with Gasteiger partial charge in [-0.2, -0.15) is 5.43 Å². The van der Waals surface area contributed by atoms with Gasteiger partial charge < -0.3 is 10.4 Å². The van der Waals surface area contributed by atoms with Gasteiger partial charge in [-0.05, 0) is 30.5 Å². The number of carbonyl (C=O) groups is 1. The zero-order chi connectivity index (χ0) is 16.8. The number of hydrogen-bond donors (Lipinski definition) is 4. The van der Waals surface area contributed by atoms with E-state index >= 15 is 0 Å². The lowest BCUT2D eigenvalue weighted by Gasteiger charge is -2.13. The van der Waals surface area contributed by atoms with Crippen molar-refractivity contribution in [1.82, 2.24) is 4.57 Å². The van der Waals surface area contributed by atoms with Gasteiger partial charge in [-0.3, -0.25) is 10.2 Å². The van der Waals surface area contributed by atoms with Gasteiger partial charge in [-0.15, -0.1) is 0 Å². The molecule has 7 nitrogen and oxygen atoms in total. The predicted octanol–water partition coefficient (Wildman–Crippen LogP) is 1.17. The molecule has 2 aromatic rings. The first-order valence-corrected chi connectivity index (χ1v) is 7.55. The molecule has 2 rings (SSSR count). The molecule has 0 saturated heterocycles. The van der Waals surface area contributed by atoms with E-state index in [1.54, 1.807) is 0 Å². The lowest BCUT2D eigenvalue weighted by Crippen LogP contribution is -2.32. The summed E-state index contributed by atoms with van der Waals surface area (Å²) in [6.07, 6.45) is 5.33. The Morgan fingerprint density at radius 2 is 2.13 bits per heavy atom. The number of aromatic nitrogens is 2. The number of anilines is 3. The number of hydrogen-bond acceptors (Lipinski definition) is 4. The summed E-state index contributed by atoms with van der Waals surface area (Å²) < 4.78 is 3.91. The Hall–Kier alpha value is -2.54. The summed E-state index contributed by atoms with van der Waals surface area (Å²) in [5.41, 5.74) is 9.03. The van der Waals surface area contributed by atoms with Crippen LogP contribution >= 0.6 is 0 Å². The fourth-order valence-corrected chi connectivity index (χ4v) is 2.35. The Labute approximate surface area is 135 Å². The highest BCUT2D eigenvalue weighted by molar-refractivity contribution is 5.89. The van der Waals surface area contributed by atoms with Crippen LogP contribution in [-0.4, -0.2) is 22.2 Å². The van der Waals surface area contributed by atoms with E-state index in [9.17, 15) is 4.79 Å². The van der Waals surface area contributed by atoms with Crippen molar-refractivity contribution >= 4 is 23.2 Å². The van der Waals surface area contributed by atoms with Crippen LogP contribution in [0.2, 0.25) is 0 Å². The maximum atomic E-state index is 11.2. The predicted molar refractivity (Wildman–Crippen MR) is 90.0 cm³/mol. The van der Waals surface area contributed by atoms with Crippen LogP contribution < -0.4 is 20.7 Å². The zero-order valence-electron chi connectivity index (χ0n) is 13.8. The Morgan fingerprint density at radius 3 is 2.74 bits per heavy atom. The molecule has 1 amide bonds. The number of amides is 1. The SMILES string of the molecule is CC(=O)Nc1ccc(CCCO)c(NNc2n(C)cc[n+]2C)c1. The maximum Gasteiger partial charge on any atom is 0.378 e. The quantitative estimate of drug-likeness (QED) is 0.456. The number of rotatable bonds is 7. The smallest absolute Gasteiger partial charge is 0.378 e. The van der Waals surface area contributed by atoms with Crippen LogP contribution in [0.4, 0.5) is 17.3 Å². The molecule has 0 saturated carbocycles. The third-order valence-corrected chi connectivity index (χ3v) is 3.53. The van der Waals surface area contributed by atoms with Gasteiger partial charge >= 0.3 is 5.95 Å². The summed E-state index contributed by atoms with van der Waals surface area (Å²) in [5, 5.41) is 11.8. The summed E-state index contributed by atoms with van der Waals surface area (Å²) in [6, 6.07) is 5.70. The minimum absolute atomic E-state index is 0.110. The third kappa shape index (κ3) is 4.46. The minimum atomic E-state index is -0.110. The van der Waals surface area contributed by atoms with E-state index in [0.29, 0.717) is 6.42 Å². The molecule has 1 aromatic heterocycles. The highest BCUT2D eigenvalue weighted by atomic mass is 16.2. The van der Waals surface area contributed by atoms with Crippen molar-refractivity contribution in [1.29, 1.82) is 0 Å². The molecule has 0 spiro atoms. The molecule has 0 aliphatic heterocycles. The Morgan fingerprint density at radius 1 is 1.35 bits per heavy atom. The van der Waals surface area contributed by atoms with E-state index < -0.39 is 0 Å². The zero-order valence-corrected chi connectivity index (χ0v) is 13.8. The van der Waals surface area contributed by atoms with Gasteiger partial charge in [0.1, 0.15) is 0 Å². The van der Waals surface area contributed by atoms with Gasteiger partial charge in [0.15, 0.2) is 0 Å². The summed E-state index contributed by atoms with van der Waals surface area (Å²) in [7, 11) is 3.90. The van der Waals surface area contributed by atoms with Crippen LogP contribution in [0.25, 0.3) is 0 Å². The number of imidazole rings is 1. The van der Waals surface area contributed by atoms with Crippen molar-refractivity contribution in [2.75, 3.05) is 22.8 Å². The average Bonchev–Trinajstić information content (AvgIpc) is 2.82. The van der Waals surface area contributed by atoms with Gasteiger partial charge in [0, 0.05) is 19.2 Å². The lowest BCUT2D eigenvalue weighted by molar-refractivity contribution is -0.656.